The lowest BCUT2D eigenvalue weighted by Gasteiger charge is -2.17. The van der Waals surface area contributed by atoms with Crippen LogP contribution in [-0.2, 0) is 19.5 Å². The molecular formula is C21H27N3O3. The minimum Gasteiger partial charge on any atom is -0.456 e. The maximum Gasteiger partial charge on any atom is 0.289 e. The van der Waals surface area contributed by atoms with Crippen LogP contribution >= 0.6 is 0 Å². The van der Waals surface area contributed by atoms with Gasteiger partial charge in [-0.1, -0.05) is 32.9 Å². The lowest BCUT2D eigenvalue weighted by Crippen LogP contribution is -2.26. The fourth-order valence-electron chi connectivity index (χ4n) is 3.14. The summed E-state index contributed by atoms with van der Waals surface area (Å²) in [7, 11) is 1.73. The van der Waals surface area contributed by atoms with Crippen molar-refractivity contribution < 1.29 is 13.6 Å². The van der Waals surface area contributed by atoms with Gasteiger partial charge in [0.1, 0.15) is 11.3 Å². The highest BCUT2D eigenvalue weighted by Gasteiger charge is 2.21. The van der Waals surface area contributed by atoms with E-state index in [-0.39, 0.29) is 5.91 Å². The Morgan fingerprint density at radius 1 is 1.07 bits per heavy atom. The highest BCUT2D eigenvalue weighted by atomic mass is 16.4. The molecule has 2 heterocycles. The summed E-state index contributed by atoms with van der Waals surface area (Å²) in [6.07, 6.45) is 0.763. The van der Waals surface area contributed by atoms with E-state index in [0.717, 1.165) is 48.5 Å². The molecule has 0 spiro atoms. The fraction of sp³-hybridized carbons (Fsp3) is 0.429. The average molecular weight is 369 g/mol. The number of oxazole rings is 1. The fourth-order valence-corrected chi connectivity index (χ4v) is 3.14. The number of para-hydroxylation sites is 2. The Hall–Kier alpha value is -2.60. The molecule has 0 N–H and O–H groups in total. The first-order valence-electron chi connectivity index (χ1n) is 9.49. The summed E-state index contributed by atoms with van der Waals surface area (Å²) in [6.45, 7) is 9.33. The molecule has 0 radical (unpaired) electrons. The van der Waals surface area contributed by atoms with Crippen LogP contribution in [0.25, 0.3) is 11.1 Å². The molecule has 0 bridgehead atoms. The quantitative estimate of drug-likeness (QED) is 0.598. The summed E-state index contributed by atoms with van der Waals surface area (Å²) in [4.78, 5) is 21.1. The standard InChI is InChI=1S/C21H27N3O3/c1-5-17-15(13-24(6-2)7-3)12-19(26-17)21(25)23(4)14-20-22-16-10-8-9-11-18(16)27-20/h8-12H,5-7,13-14H2,1-4H3. The highest BCUT2D eigenvalue weighted by molar-refractivity contribution is 5.91. The van der Waals surface area contributed by atoms with Gasteiger partial charge in [0.15, 0.2) is 11.3 Å². The van der Waals surface area contributed by atoms with Crippen molar-refractivity contribution in [3.8, 4) is 0 Å². The van der Waals surface area contributed by atoms with E-state index in [0.29, 0.717) is 18.2 Å². The molecule has 0 saturated heterocycles. The van der Waals surface area contributed by atoms with Crippen molar-refractivity contribution in [3.05, 3.63) is 53.3 Å². The van der Waals surface area contributed by atoms with E-state index in [2.05, 4.69) is 23.7 Å². The van der Waals surface area contributed by atoms with Gasteiger partial charge in [-0.05, 0) is 31.3 Å². The number of amides is 1. The van der Waals surface area contributed by atoms with Gasteiger partial charge in [-0.2, -0.15) is 0 Å². The van der Waals surface area contributed by atoms with Crippen LogP contribution in [-0.4, -0.2) is 40.8 Å². The van der Waals surface area contributed by atoms with E-state index in [1.54, 1.807) is 11.9 Å². The molecule has 0 aliphatic carbocycles. The zero-order valence-electron chi connectivity index (χ0n) is 16.5. The number of rotatable bonds is 8. The second kappa shape index (κ2) is 8.39. The molecule has 3 rings (SSSR count). The van der Waals surface area contributed by atoms with Crippen molar-refractivity contribution in [2.45, 2.75) is 40.3 Å². The van der Waals surface area contributed by atoms with Gasteiger partial charge in [-0.25, -0.2) is 4.98 Å². The smallest absolute Gasteiger partial charge is 0.289 e. The van der Waals surface area contributed by atoms with Crippen LogP contribution in [0.5, 0.6) is 0 Å². The first-order valence-corrected chi connectivity index (χ1v) is 9.49. The van der Waals surface area contributed by atoms with Crippen LogP contribution in [0.4, 0.5) is 0 Å². The normalized spacial score (nSPS) is 11.4. The van der Waals surface area contributed by atoms with Crippen LogP contribution in [0.15, 0.2) is 39.2 Å². The summed E-state index contributed by atoms with van der Waals surface area (Å²) < 4.78 is 11.6. The topological polar surface area (TPSA) is 62.7 Å². The number of fused-ring (bicyclic) bond motifs is 1. The minimum absolute atomic E-state index is 0.169. The Kier molecular flexibility index (Phi) is 5.96. The van der Waals surface area contributed by atoms with Gasteiger partial charge in [0, 0.05) is 25.6 Å². The Morgan fingerprint density at radius 3 is 2.48 bits per heavy atom. The minimum atomic E-state index is -0.169. The number of carbonyl (C=O) groups excluding carboxylic acids is 1. The number of aromatic nitrogens is 1. The summed E-state index contributed by atoms with van der Waals surface area (Å²) in [5, 5.41) is 0. The Balaban J connectivity index is 1.74. The average Bonchev–Trinajstić information content (AvgIpc) is 3.28. The SMILES string of the molecule is CCc1oc(C(=O)N(C)Cc2nc3ccccc3o2)cc1CN(CC)CC. The lowest BCUT2D eigenvalue weighted by atomic mass is 10.2. The van der Waals surface area contributed by atoms with Crippen LogP contribution < -0.4 is 0 Å². The number of furan rings is 1. The van der Waals surface area contributed by atoms with Gasteiger partial charge in [-0.15, -0.1) is 0 Å². The molecule has 2 aromatic heterocycles. The highest BCUT2D eigenvalue weighted by Crippen LogP contribution is 2.21. The number of benzene rings is 1. The number of carbonyl (C=O) groups is 1. The van der Waals surface area contributed by atoms with E-state index < -0.39 is 0 Å². The van der Waals surface area contributed by atoms with E-state index in [1.807, 2.05) is 37.3 Å². The van der Waals surface area contributed by atoms with Crippen molar-refractivity contribution in [1.82, 2.24) is 14.8 Å². The first kappa shape index (κ1) is 19.2. The van der Waals surface area contributed by atoms with E-state index >= 15 is 0 Å². The predicted octanol–water partition coefficient (Wildman–Crippen LogP) is 4.10. The zero-order chi connectivity index (χ0) is 19.4. The molecular weight excluding hydrogens is 342 g/mol. The summed E-state index contributed by atoms with van der Waals surface area (Å²) in [6, 6.07) is 9.45. The summed E-state index contributed by atoms with van der Waals surface area (Å²) in [5.41, 5.74) is 2.60. The van der Waals surface area contributed by atoms with Crippen molar-refractivity contribution in [2.24, 2.45) is 0 Å². The summed E-state index contributed by atoms with van der Waals surface area (Å²) in [5.74, 6) is 1.59. The molecule has 1 amide bonds. The van der Waals surface area contributed by atoms with E-state index in [9.17, 15) is 4.79 Å². The van der Waals surface area contributed by atoms with E-state index in [1.165, 1.54) is 0 Å². The van der Waals surface area contributed by atoms with Crippen LogP contribution in [0.1, 0.15) is 48.5 Å². The molecule has 6 nitrogen and oxygen atoms in total. The van der Waals surface area contributed by atoms with Gasteiger partial charge in [0.2, 0.25) is 5.89 Å². The third-order valence-electron chi connectivity index (χ3n) is 4.77. The van der Waals surface area contributed by atoms with E-state index in [4.69, 9.17) is 8.83 Å². The number of aryl methyl sites for hydroxylation is 1. The molecule has 3 aromatic rings. The van der Waals surface area contributed by atoms with Gasteiger partial charge < -0.3 is 13.7 Å². The second-order valence-corrected chi connectivity index (χ2v) is 6.61. The van der Waals surface area contributed by atoms with Crippen LogP contribution in [0.2, 0.25) is 0 Å². The molecule has 0 unspecified atom stereocenters. The molecule has 0 aliphatic heterocycles. The molecule has 0 fully saturated rings. The maximum atomic E-state index is 12.8. The molecule has 144 valence electrons. The Labute approximate surface area is 159 Å². The van der Waals surface area contributed by atoms with Crippen molar-refractivity contribution in [2.75, 3.05) is 20.1 Å². The monoisotopic (exact) mass is 369 g/mol. The van der Waals surface area contributed by atoms with Crippen molar-refractivity contribution >= 4 is 17.0 Å². The molecule has 27 heavy (non-hydrogen) atoms. The first-order chi connectivity index (χ1) is 13.0. The predicted molar refractivity (Wildman–Crippen MR) is 105 cm³/mol. The van der Waals surface area contributed by atoms with Gasteiger partial charge >= 0.3 is 0 Å². The number of nitrogens with zero attached hydrogens (tertiary/aromatic N) is 3. The lowest BCUT2D eigenvalue weighted by molar-refractivity contribution is 0.0740. The van der Waals surface area contributed by atoms with Crippen molar-refractivity contribution in [1.29, 1.82) is 0 Å². The zero-order valence-corrected chi connectivity index (χ0v) is 16.5. The number of hydrogen-bond acceptors (Lipinski definition) is 5. The Bertz CT molecular complexity index is 875. The maximum absolute atomic E-state index is 12.8. The largest absolute Gasteiger partial charge is 0.456 e. The van der Waals surface area contributed by atoms with Crippen LogP contribution in [0, 0.1) is 0 Å². The molecule has 1 aromatic carbocycles. The van der Waals surface area contributed by atoms with Crippen LogP contribution in [0.3, 0.4) is 0 Å². The molecule has 0 atom stereocenters. The van der Waals surface area contributed by atoms with Gasteiger partial charge in [-0.3, -0.25) is 9.69 Å². The summed E-state index contributed by atoms with van der Waals surface area (Å²) >= 11 is 0. The molecule has 0 saturated carbocycles. The molecule has 0 aliphatic rings. The third-order valence-corrected chi connectivity index (χ3v) is 4.77. The number of hydrogen-bond donors (Lipinski definition) is 0. The Morgan fingerprint density at radius 2 is 1.81 bits per heavy atom. The molecule has 6 heteroatoms. The second-order valence-electron chi connectivity index (χ2n) is 6.61. The van der Waals surface area contributed by atoms with Gasteiger partial charge in [0.25, 0.3) is 5.91 Å². The van der Waals surface area contributed by atoms with Crippen molar-refractivity contribution in [3.63, 3.8) is 0 Å². The van der Waals surface area contributed by atoms with Gasteiger partial charge in [0.05, 0.1) is 6.54 Å². The third kappa shape index (κ3) is 4.22.